The standard InChI is InChI=1S/C19H15F3N4O2/c20-19(21,22)14-6-1-4-12(10-14)16-24-17(28-25-16)15-7-3-9-26(15)18(27)13-5-2-8-23-11-13/h1-2,4-6,8,10-11,15H,3,7,9H2/t15-/m0/s1. The molecule has 0 bridgehead atoms. The number of benzene rings is 1. The number of carbonyl (C=O) groups excluding carboxylic acids is 1. The molecule has 0 spiro atoms. The van der Waals surface area contributed by atoms with Crippen molar-refractivity contribution in [2.24, 2.45) is 0 Å². The Kier molecular flexibility index (Phi) is 4.58. The molecule has 0 N–H and O–H groups in total. The van der Waals surface area contributed by atoms with Crippen molar-refractivity contribution < 1.29 is 22.5 Å². The van der Waals surface area contributed by atoms with Gasteiger partial charge in [-0.3, -0.25) is 9.78 Å². The van der Waals surface area contributed by atoms with Crippen molar-refractivity contribution in [1.82, 2.24) is 20.0 Å². The molecule has 3 heterocycles. The van der Waals surface area contributed by atoms with Crippen LogP contribution in [0.3, 0.4) is 0 Å². The Morgan fingerprint density at radius 1 is 1.21 bits per heavy atom. The molecule has 2 aromatic heterocycles. The van der Waals surface area contributed by atoms with Crippen molar-refractivity contribution in [2.45, 2.75) is 25.1 Å². The summed E-state index contributed by atoms with van der Waals surface area (Å²) in [6.07, 6.45) is 0.00627. The highest BCUT2D eigenvalue weighted by molar-refractivity contribution is 5.94. The number of carbonyl (C=O) groups is 1. The molecule has 144 valence electrons. The van der Waals surface area contributed by atoms with Crippen LogP contribution in [0.2, 0.25) is 0 Å². The van der Waals surface area contributed by atoms with Gasteiger partial charge in [-0.15, -0.1) is 0 Å². The summed E-state index contributed by atoms with van der Waals surface area (Å²) in [5.74, 6) is 0.0679. The van der Waals surface area contributed by atoms with Crippen LogP contribution in [0.1, 0.15) is 40.7 Å². The third kappa shape index (κ3) is 3.47. The van der Waals surface area contributed by atoms with E-state index in [0.29, 0.717) is 18.5 Å². The van der Waals surface area contributed by atoms with Crippen molar-refractivity contribution in [1.29, 1.82) is 0 Å². The Morgan fingerprint density at radius 2 is 2.07 bits per heavy atom. The van der Waals surface area contributed by atoms with E-state index in [1.165, 1.54) is 18.3 Å². The quantitative estimate of drug-likeness (QED) is 0.675. The van der Waals surface area contributed by atoms with Crippen LogP contribution in [0.5, 0.6) is 0 Å². The number of rotatable bonds is 3. The highest BCUT2D eigenvalue weighted by Crippen LogP contribution is 2.34. The van der Waals surface area contributed by atoms with Crippen LogP contribution in [0.15, 0.2) is 53.3 Å². The van der Waals surface area contributed by atoms with E-state index in [1.807, 2.05) is 0 Å². The second-order valence-corrected chi connectivity index (χ2v) is 6.43. The summed E-state index contributed by atoms with van der Waals surface area (Å²) in [4.78, 5) is 22.6. The van der Waals surface area contributed by atoms with Crippen LogP contribution in [0.4, 0.5) is 13.2 Å². The highest BCUT2D eigenvalue weighted by atomic mass is 19.4. The van der Waals surface area contributed by atoms with Crippen molar-refractivity contribution in [3.05, 3.63) is 65.8 Å². The van der Waals surface area contributed by atoms with Crippen LogP contribution in [0.25, 0.3) is 11.4 Å². The summed E-state index contributed by atoms with van der Waals surface area (Å²) in [5.41, 5.74) is -0.134. The number of pyridine rings is 1. The van der Waals surface area contributed by atoms with E-state index in [4.69, 9.17) is 4.52 Å². The Hall–Kier alpha value is -3.23. The Labute approximate surface area is 158 Å². The smallest absolute Gasteiger partial charge is 0.337 e. The largest absolute Gasteiger partial charge is 0.416 e. The molecule has 1 amide bonds. The first kappa shape index (κ1) is 18.1. The Balaban J connectivity index is 1.60. The zero-order valence-electron chi connectivity index (χ0n) is 14.6. The average Bonchev–Trinajstić information content (AvgIpc) is 3.37. The molecule has 28 heavy (non-hydrogen) atoms. The van der Waals surface area contributed by atoms with E-state index in [2.05, 4.69) is 15.1 Å². The Morgan fingerprint density at radius 3 is 2.82 bits per heavy atom. The van der Waals surface area contributed by atoms with Gasteiger partial charge in [-0.05, 0) is 37.1 Å². The monoisotopic (exact) mass is 388 g/mol. The fourth-order valence-corrected chi connectivity index (χ4v) is 3.24. The van der Waals surface area contributed by atoms with Crippen LogP contribution in [-0.4, -0.2) is 32.5 Å². The van der Waals surface area contributed by atoms with Gasteiger partial charge in [0.1, 0.15) is 6.04 Å². The van der Waals surface area contributed by atoms with Crippen LogP contribution in [-0.2, 0) is 6.18 Å². The molecule has 9 heteroatoms. The number of likely N-dealkylation sites (tertiary alicyclic amines) is 1. The molecule has 6 nitrogen and oxygen atoms in total. The zero-order chi connectivity index (χ0) is 19.7. The summed E-state index contributed by atoms with van der Waals surface area (Å²) in [5, 5.41) is 3.82. The molecule has 0 aliphatic carbocycles. The predicted octanol–water partition coefficient (Wildman–Crippen LogP) is 4.13. The number of halogens is 3. The normalized spacial score (nSPS) is 17.1. The van der Waals surface area contributed by atoms with Gasteiger partial charge in [-0.1, -0.05) is 17.3 Å². The van der Waals surface area contributed by atoms with Gasteiger partial charge >= 0.3 is 6.18 Å². The van der Waals surface area contributed by atoms with E-state index in [0.717, 1.165) is 18.6 Å². The van der Waals surface area contributed by atoms with E-state index in [1.54, 1.807) is 23.2 Å². The van der Waals surface area contributed by atoms with Gasteiger partial charge < -0.3 is 9.42 Å². The summed E-state index contributed by atoms with van der Waals surface area (Å²) in [7, 11) is 0. The molecule has 4 rings (SSSR count). The van der Waals surface area contributed by atoms with Crippen LogP contribution in [0, 0.1) is 0 Å². The van der Waals surface area contributed by atoms with Crippen molar-refractivity contribution in [3.63, 3.8) is 0 Å². The summed E-state index contributed by atoms with van der Waals surface area (Å²) < 4.78 is 44.1. The lowest BCUT2D eigenvalue weighted by atomic mass is 10.1. The van der Waals surface area contributed by atoms with Gasteiger partial charge in [0.05, 0.1) is 11.1 Å². The van der Waals surface area contributed by atoms with Gasteiger partial charge in [-0.25, -0.2) is 0 Å². The number of nitrogens with zero attached hydrogens (tertiary/aromatic N) is 4. The van der Waals surface area contributed by atoms with Gasteiger partial charge in [0, 0.05) is 24.5 Å². The molecule has 3 aromatic rings. The van der Waals surface area contributed by atoms with Gasteiger partial charge in [0.2, 0.25) is 11.7 Å². The van der Waals surface area contributed by atoms with E-state index in [-0.39, 0.29) is 23.2 Å². The maximum atomic E-state index is 12.9. The average molecular weight is 388 g/mol. The molecule has 0 unspecified atom stereocenters. The number of hydrogen-bond acceptors (Lipinski definition) is 5. The fourth-order valence-electron chi connectivity index (χ4n) is 3.24. The van der Waals surface area contributed by atoms with Crippen molar-refractivity contribution >= 4 is 5.91 Å². The minimum absolute atomic E-state index is 0.0572. The lowest BCUT2D eigenvalue weighted by Crippen LogP contribution is -2.30. The maximum absolute atomic E-state index is 12.9. The van der Waals surface area contributed by atoms with Gasteiger partial charge in [0.25, 0.3) is 5.91 Å². The number of alkyl halides is 3. The number of hydrogen-bond donors (Lipinski definition) is 0. The molecule has 1 fully saturated rings. The first-order chi connectivity index (χ1) is 13.4. The molecule has 1 saturated heterocycles. The van der Waals surface area contributed by atoms with Gasteiger partial charge in [0.15, 0.2) is 0 Å². The summed E-state index contributed by atoms with van der Waals surface area (Å²) >= 11 is 0. The second kappa shape index (κ2) is 7.06. The van der Waals surface area contributed by atoms with E-state index >= 15 is 0 Å². The number of aromatic nitrogens is 3. The topological polar surface area (TPSA) is 72.1 Å². The third-order valence-corrected chi connectivity index (χ3v) is 4.60. The van der Waals surface area contributed by atoms with Crippen molar-refractivity contribution in [3.8, 4) is 11.4 Å². The molecule has 1 aliphatic heterocycles. The molecule has 1 aliphatic rings. The molecule has 1 atom stereocenters. The maximum Gasteiger partial charge on any atom is 0.416 e. The summed E-state index contributed by atoms with van der Waals surface area (Å²) in [6, 6.07) is 7.67. The van der Waals surface area contributed by atoms with E-state index < -0.39 is 17.8 Å². The first-order valence-corrected chi connectivity index (χ1v) is 8.66. The lowest BCUT2D eigenvalue weighted by molar-refractivity contribution is -0.137. The predicted molar refractivity (Wildman–Crippen MR) is 92.0 cm³/mol. The fraction of sp³-hybridized carbons (Fsp3) is 0.263. The minimum Gasteiger partial charge on any atom is -0.337 e. The zero-order valence-corrected chi connectivity index (χ0v) is 14.6. The molecule has 0 saturated carbocycles. The second-order valence-electron chi connectivity index (χ2n) is 6.43. The molecular formula is C19H15F3N4O2. The number of amides is 1. The SMILES string of the molecule is O=C(c1cccnc1)N1CCC[C@H]1c1nc(-c2cccc(C(F)(F)F)c2)no1. The molecule has 0 radical (unpaired) electrons. The minimum atomic E-state index is -4.46. The van der Waals surface area contributed by atoms with E-state index in [9.17, 15) is 18.0 Å². The van der Waals surface area contributed by atoms with Crippen LogP contribution < -0.4 is 0 Å². The van der Waals surface area contributed by atoms with Crippen LogP contribution >= 0.6 is 0 Å². The molecular weight excluding hydrogens is 373 g/mol. The first-order valence-electron chi connectivity index (χ1n) is 8.66. The van der Waals surface area contributed by atoms with Crippen molar-refractivity contribution in [2.75, 3.05) is 6.54 Å². The highest BCUT2D eigenvalue weighted by Gasteiger charge is 2.35. The molecule has 1 aromatic carbocycles. The third-order valence-electron chi connectivity index (χ3n) is 4.60. The Bertz CT molecular complexity index is 988. The summed E-state index contributed by atoms with van der Waals surface area (Å²) in [6.45, 7) is 0.527. The lowest BCUT2D eigenvalue weighted by Gasteiger charge is -2.21. The van der Waals surface area contributed by atoms with Gasteiger partial charge in [-0.2, -0.15) is 18.2 Å².